The van der Waals surface area contributed by atoms with E-state index in [1.54, 1.807) is 12.1 Å². The molecule has 0 bridgehead atoms. The molecule has 26 heavy (non-hydrogen) atoms. The van der Waals surface area contributed by atoms with E-state index >= 15 is 0 Å². The Labute approximate surface area is 145 Å². The largest absolute Gasteiger partial charge is 0.349 e. The average Bonchev–Trinajstić information content (AvgIpc) is 3.19. The number of halogens is 3. The summed E-state index contributed by atoms with van der Waals surface area (Å²) in [6.45, 7) is -0.256. The first-order chi connectivity index (χ1) is 12.4. The van der Waals surface area contributed by atoms with Gasteiger partial charge in [0.1, 0.15) is 5.82 Å². The van der Waals surface area contributed by atoms with Crippen molar-refractivity contribution in [2.45, 2.75) is 12.3 Å². The molecule has 0 unspecified atom stereocenters. The van der Waals surface area contributed by atoms with Gasteiger partial charge in [-0.1, -0.05) is 0 Å². The van der Waals surface area contributed by atoms with E-state index in [0.717, 1.165) is 6.20 Å². The van der Waals surface area contributed by atoms with Crippen LogP contribution >= 0.6 is 0 Å². The fourth-order valence-corrected chi connectivity index (χ4v) is 2.78. The molecule has 4 heterocycles. The minimum absolute atomic E-state index is 0.0321. The van der Waals surface area contributed by atoms with Crippen LogP contribution in [0.15, 0.2) is 36.8 Å². The van der Waals surface area contributed by atoms with E-state index in [4.69, 9.17) is 0 Å². The number of rotatable bonds is 3. The number of carbonyl (C=O) groups is 1. The van der Waals surface area contributed by atoms with Crippen LogP contribution in [-0.4, -0.2) is 44.5 Å². The summed E-state index contributed by atoms with van der Waals surface area (Å²) < 4.78 is 41.8. The van der Waals surface area contributed by atoms with Crippen molar-refractivity contribution < 1.29 is 18.0 Å². The number of pyridine rings is 1. The molecule has 0 atom stereocenters. The molecule has 1 amide bonds. The zero-order valence-corrected chi connectivity index (χ0v) is 13.4. The standard InChI is InChI=1S/C16H13F3N6O/c17-10-7-20-5-3-11(10)22-15(26)12-8-21-13-1-2-14(23-25(12)13)24-6-4-16(18,19)9-24/h1-3,5,7-8H,4,6,9H2,(H,20,22,26). The number of hydrogen-bond acceptors (Lipinski definition) is 5. The number of anilines is 2. The molecule has 3 aromatic rings. The van der Waals surface area contributed by atoms with E-state index in [0.29, 0.717) is 11.5 Å². The summed E-state index contributed by atoms with van der Waals surface area (Å²) in [6, 6.07) is 4.48. The van der Waals surface area contributed by atoms with Gasteiger partial charge in [-0.2, -0.15) is 0 Å². The van der Waals surface area contributed by atoms with Crippen molar-refractivity contribution in [3.05, 3.63) is 48.3 Å². The van der Waals surface area contributed by atoms with E-state index in [2.05, 4.69) is 20.4 Å². The number of alkyl halides is 2. The van der Waals surface area contributed by atoms with Crippen molar-refractivity contribution in [3.63, 3.8) is 0 Å². The fourth-order valence-electron chi connectivity index (χ4n) is 2.78. The third kappa shape index (κ3) is 2.93. The molecule has 7 nitrogen and oxygen atoms in total. The highest BCUT2D eigenvalue weighted by atomic mass is 19.3. The highest BCUT2D eigenvalue weighted by Gasteiger charge is 2.38. The summed E-state index contributed by atoms with van der Waals surface area (Å²) in [5.74, 6) is -3.75. The van der Waals surface area contributed by atoms with Crippen LogP contribution in [0.25, 0.3) is 5.65 Å². The third-order valence-corrected chi connectivity index (χ3v) is 4.10. The number of carbonyl (C=O) groups excluding carboxylic acids is 1. The predicted molar refractivity (Wildman–Crippen MR) is 86.9 cm³/mol. The highest BCUT2D eigenvalue weighted by molar-refractivity contribution is 6.03. The number of imidazole rings is 1. The zero-order valence-electron chi connectivity index (χ0n) is 13.4. The molecule has 0 radical (unpaired) electrons. The quantitative estimate of drug-likeness (QED) is 0.774. The number of amides is 1. The first kappa shape index (κ1) is 16.3. The molecular formula is C16H13F3N6O. The molecule has 4 rings (SSSR count). The molecular weight excluding hydrogens is 349 g/mol. The second-order valence-corrected chi connectivity index (χ2v) is 5.94. The Hall–Kier alpha value is -3.17. The molecule has 1 aliphatic heterocycles. The summed E-state index contributed by atoms with van der Waals surface area (Å²) in [6.07, 6.45) is 3.37. The Morgan fingerprint density at radius 3 is 2.81 bits per heavy atom. The van der Waals surface area contributed by atoms with Crippen LogP contribution in [-0.2, 0) is 0 Å². The lowest BCUT2D eigenvalue weighted by Gasteiger charge is -2.17. The average molecular weight is 362 g/mol. The molecule has 134 valence electrons. The summed E-state index contributed by atoms with van der Waals surface area (Å²) in [5, 5.41) is 6.67. The van der Waals surface area contributed by atoms with Crippen LogP contribution in [0.2, 0.25) is 0 Å². The molecule has 1 fully saturated rings. The Morgan fingerprint density at radius 1 is 1.23 bits per heavy atom. The van der Waals surface area contributed by atoms with Crippen LogP contribution in [0.1, 0.15) is 16.9 Å². The van der Waals surface area contributed by atoms with Crippen LogP contribution in [0.5, 0.6) is 0 Å². The van der Waals surface area contributed by atoms with Gasteiger partial charge in [0.2, 0.25) is 0 Å². The minimum Gasteiger partial charge on any atom is -0.349 e. The Balaban J connectivity index is 1.64. The Morgan fingerprint density at radius 2 is 2.08 bits per heavy atom. The first-order valence-corrected chi connectivity index (χ1v) is 7.81. The summed E-state index contributed by atoms with van der Waals surface area (Å²) in [7, 11) is 0. The maximum absolute atomic E-state index is 13.7. The monoisotopic (exact) mass is 362 g/mol. The maximum Gasteiger partial charge on any atom is 0.276 e. The van der Waals surface area contributed by atoms with Crippen molar-refractivity contribution in [2.24, 2.45) is 0 Å². The van der Waals surface area contributed by atoms with E-state index in [9.17, 15) is 18.0 Å². The molecule has 0 saturated carbocycles. The van der Waals surface area contributed by atoms with Gasteiger partial charge in [-0.05, 0) is 18.2 Å². The summed E-state index contributed by atoms with van der Waals surface area (Å²) >= 11 is 0. The van der Waals surface area contributed by atoms with Crippen molar-refractivity contribution >= 4 is 23.1 Å². The summed E-state index contributed by atoms with van der Waals surface area (Å²) in [5.41, 5.74) is 0.402. The second kappa shape index (κ2) is 5.97. The molecule has 0 aromatic carbocycles. The minimum atomic E-state index is -2.76. The summed E-state index contributed by atoms with van der Waals surface area (Å²) in [4.78, 5) is 21.6. The van der Waals surface area contributed by atoms with Gasteiger partial charge in [-0.3, -0.25) is 9.78 Å². The van der Waals surface area contributed by atoms with Gasteiger partial charge in [0.25, 0.3) is 11.8 Å². The van der Waals surface area contributed by atoms with Gasteiger partial charge in [0.05, 0.1) is 24.6 Å². The Kier molecular flexibility index (Phi) is 3.74. The van der Waals surface area contributed by atoms with Crippen molar-refractivity contribution in [1.82, 2.24) is 19.6 Å². The first-order valence-electron chi connectivity index (χ1n) is 7.81. The van der Waals surface area contributed by atoms with Gasteiger partial charge < -0.3 is 10.2 Å². The van der Waals surface area contributed by atoms with E-state index in [1.165, 1.54) is 27.9 Å². The number of hydrogen-bond donors (Lipinski definition) is 1. The molecule has 1 N–H and O–H groups in total. The predicted octanol–water partition coefficient (Wildman–Crippen LogP) is 2.36. The lowest BCUT2D eigenvalue weighted by atomic mass is 10.3. The molecule has 10 heteroatoms. The van der Waals surface area contributed by atoms with Gasteiger partial charge in [-0.15, -0.1) is 5.10 Å². The van der Waals surface area contributed by atoms with Crippen LogP contribution in [0.4, 0.5) is 24.7 Å². The smallest absolute Gasteiger partial charge is 0.276 e. The normalized spacial score (nSPS) is 16.2. The number of nitrogens with zero attached hydrogens (tertiary/aromatic N) is 5. The Bertz CT molecular complexity index is 989. The molecule has 3 aromatic heterocycles. The number of aromatic nitrogens is 4. The number of nitrogens with one attached hydrogen (secondary N) is 1. The lowest BCUT2D eigenvalue weighted by molar-refractivity contribution is 0.0256. The van der Waals surface area contributed by atoms with Gasteiger partial charge in [0, 0.05) is 19.2 Å². The van der Waals surface area contributed by atoms with Crippen molar-refractivity contribution in [2.75, 3.05) is 23.3 Å². The highest BCUT2D eigenvalue weighted by Crippen LogP contribution is 2.29. The van der Waals surface area contributed by atoms with Crippen molar-refractivity contribution in [3.8, 4) is 0 Å². The van der Waals surface area contributed by atoms with Crippen molar-refractivity contribution in [1.29, 1.82) is 0 Å². The van der Waals surface area contributed by atoms with Crippen LogP contribution in [0, 0.1) is 5.82 Å². The molecule has 1 saturated heterocycles. The van der Waals surface area contributed by atoms with E-state index < -0.39 is 24.2 Å². The molecule has 0 aliphatic carbocycles. The maximum atomic E-state index is 13.7. The van der Waals surface area contributed by atoms with E-state index in [-0.39, 0.29) is 24.3 Å². The van der Waals surface area contributed by atoms with Crippen LogP contribution < -0.4 is 10.2 Å². The topological polar surface area (TPSA) is 75.4 Å². The molecule has 0 spiro atoms. The molecule has 1 aliphatic rings. The third-order valence-electron chi connectivity index (χ3n) is 4.10. The zero-order chi connectivity index (χ0) is 18.3. The van der Waals surface area contributed by atoms with Gasteiger partial charge >= 0.3 is 0 Å². The second-order valence-electron chi connectivity index (χ2n) is 5.94. The lowest BCUT2D eigenvalue weighted by Crippen LogP contribution is -2.26. The van der Waals surface area contributed by atoms with E-state index in [1.807, 2.05) is 0 Å². The van der Waals surface area contributed by atoms with Crippen LogP contribution in [0.3, 0.4) is 0 Å². The van der Waals surface area contributed by atoms with Gasteiger partial charge in [0.15, 0.2) is 17.2 Å². The SMILES string of the molecule is O=C(Nc1ccncc1F)c1cnc2ccc(N3CCC(F)(F)C3)nn12. The van der Waals surface area contributed by atoms with Gasteiger partial charge in [-0.25, -0.2) is 22.7 Å². The number of fused-ring (bicyclic) bond motifs is 1. The fraction of sp³-hybridized carbons (Fsp3) is 0.250.